The molecule has 0 saturated carbocycles. The molecule has 0 spiro atoms. The predicted octanol–water partition coefficient (Wildman–Crippen LogP) is 5.88. The fraction of sp³-hybridized carbons (Fsp3) is 0.289. The van der Waals surface area contributed by atoms with E-state index in [1.807, 2.05) is 44.2 Å². The summed E-state index contributed by atoms with van der Waals surface area (Å²) in [5.74, 6) is -1.57. The van der Waals surface area contributed by atoms with E-state index in [1.54, 1.807) is 38.4 Å². The zero-order valence-electron chi connectivity index (χ0n) is 30.1. The largest absolute Gasteiger partial charge is 0.495 e. The van der Waals surface area contributed by atoms with Gasteiger partial charge in [0, 0.05) is 36.4 Å². The van der Waals surface area contributed by atoms with Crippen molar-refractivity contribution in [3.63, 3.8) is 0 Å². The van der Waals surface area contributed by atoms with Gasteiger partial charge in [-0.15, -0.1) is 5.10 Å². The summed E-state index contributed by atoms with van der Waals surface area (Å²) in [6.07, 6.45) is 1.94. The summed E-state index contributed by atoms with van der Waals surface area (Å²) in [6.45, 7) is 4.75. The number of ketones is 1. The van der Waals surface area contributed by atoms with Crippen molar-refractivity contribution in [2.24, 2.45) is 5.92 Å². The molecule has 2 aromatic heterocycles. The van der Waals surface area contributed by atoms with Gasteiger partial charge in [0.2, 0.25) is 6.79 Å². The molecule has 0 bridgehead atoms. The Bertz CT molecular complexity index is 2220. The van der Waals surface area contributed by atoms with Crippen LogP contribution < -0.4 is 15.0 Å². The highest BCUT2D eigenvalue weighted by Crippen LogP contribution is 2.35. The van der Waals surface area contributed by atoms with Gasteiger partial charge in [-0.1, -0.05) is 57.2 Å². The third kappa shape index (κ3) is 9.04. The molecule has 53 heavy (non-hydrogen) atoms. The molecule has 3 aromatic carbocycles. The number of Topliss-reactive ketones (excluding diaryl/α,β-unsaturated/α-hetero) is 1. The summed E-state index contributed by atoms with van der Waals surface area (Å²) < 4.78 is 55.4. The van der Waals surface area contributed by atoms with Crippen LogP contribution in [0.25, 0.3) is 16.8 Å². The van der Waals surface area contributed by atoms with E-state index in [2.05, 4.69) is 15.4 Å². The van der Waals surface area contributed by atoms with Gasteiger partial charge in [0.05, 0.1) is 17.7 Å². The SMILES string of the molecule is CN[C@H](C(=O)OCOC(=O)N(c1nc2ccc(-c3ccc(CC(=O)[C@H](C)c4ccc(F)cc4)cc3)cn2n1)c1ccc(S(C)(=O)=O)cc1OC)C(C)C. The molecule has 0 aliphatic carbocycles. The van der Waals surface area contributed by atoms with Crippen LogP contribution in [0.2, 0.25) is 0 Å². The van der Waals surface area contributed by atoms with E-state index >= 15 is 0 Å². The second-order valence-corrected chi connectivity index (χ2v) is 14.7. The number of methoxy groups -OCH3 is 1. The maximum absolute atomic E-state index is 13.7. The third-order valence-corrected chi connectivity index (χ3v) is 9.77. The fourth-order valence-electron chi connectivity index (χ4n) is 5.62. The number of anilines is 2. The van der Waals surface area contributed by atoms with Crippen LogP contribution in [0.15, 0.2) is 90.0 Å². The lowest BCUT2D eigenvalue weighted by Crippen LogP contribution is -2.40. The van der Waals surface area contributed by atoms with Crippen molar-refractivity contribution in [1.29, 1.82) is 0 Å². The topological polar surface area (TPSA) is 158 Å². The molecular weight excluding hydrogens is 706 g/mol. The van der Waals surface area contributed by atoms with Gasteiger partial charge in [-0.2, -0.15) is 4.98 Å². The molecule has 278 valence electrons. The summed E-state index contributed by atoms with van der Waals surface area (Å²) >= 11 is 0. The Morgan fingerprint density at radius 3 is 2.23 bits per heavy atom. The van der Waals surface area contributed by atoms with Gasteiger partial charge in [0.25, 0.3) is 5.95 Å². The maximum Gasteiger partial charge on any atom is 0.424 e. The molecule has 0 aliphatic heterocycles. The Morgan fingerprint density at radius 1 is 0.925 bits per heavy atom. The number of nitrogens with one attached hydrogen (secondary N) is 1. The molecule has 0 unspecified atom stereocenters. The lowest BCUT2D eigenvalue weighted by atomic mass is 9.92. The van der Waals surface area contributed by atoms with Gasteiger partial charge in [0.15, 0.2) is 15.5 Å². The van der Waals surface area contributed by atoms with Crippen LogP contribution in [0.1, 0.15) is 37.8 Å². The van der Waals surface area contributed by atoms with Crippen LogP contribution in [-0.2, 0) is 35.3 Å². The Labute approximate surface area is 306 Å². The normalized spacial score (nSPS) is 12.7. The lowest BCUT2D eigenvalue weighted by molar-refractivity contribution is -0.155. The molecule has 5 aromatic rings. The van der Waals surface area contributed by atoms with Crippen molar-refractivity contribution in [2.75, 3.05) is 32.1 Å². The number of hydrogen-bond acceptors (Lipinski definition) is 11. The van der Waals surface area contributed by atoms with E-state index in [9.17, 15) is 27.2 Å². The second-order valence-electron chi connectivity index (χ2n) is 12.7. The number of carbonyl (C=O) groups is 3. The highest BCUT2D eigenvalue weighted by Gasteiger charge is 2.29. The monoisotopic (exact) mass is 745 g/mol. The van der Waals surface area contributed by atoms with E-state index in [0.717, 1.165) is 33.4 Å². The van der Waals surface area contributed by atoms with Crippen LogP contribution in [-0.4, -0.2) is 74.1 Å². The number of amides is 1. The number of ether oxygens (including phenoxy) is 3. The van der Waals surface area contributed by atoms with Gasteiger partial charge in [-0.3, -0.25) is 9.59 Å². The molecule has 0 saturated heterocycles. The quantitative estimate of drug-likeness (QED) is 0.107. The van der Waals surface area contributed by atoms with E-state index in [1.165, 1.54) is 42.0 Å². The predicted molar refractivity (Wildman–Crippen MR) is 195 cm³/mol. The Hall–Kier alpha value is -5.67. The minimum absolute atomic E-state index is 0.00229. The molecule has 15 heteroatoms. The smallest absolute Gasteiger partial charge is 0.424 e. The number of carbonyl (C=O) groups excluding carboxylic acids is 3. The minimum Gasteiger partial charge on any atom is -0.495 e. The zero-order chi connectivity index (χ0) is 38.4. The van der Waals surface area contributed by atoms with E-state index in [4.69, 9.17) is 14.2 Å². The maximum atomic E-state index is 13.7. The summed E-state index contributed by atoms with van der Waals surface area (Å²) in [5, 5.41) is 7.39. The first kappa shape index (κ1) is 38.6. The first-order chi connectivity index (χ1) is 25.2. The first-order valence-corrected chi connectivity index (χ1v) is 18.5. The molecule has 2 atom stereocenters. The number of halogens is 1. The molecular formula is C38H40FN5O8S. The summed E-state index contributed by atoms with van der Waals surface area (Å²) in [4.78, 5) is 44.6. The van der Waals surface area contributed by atoms with Crippen LogP contribution in [0.5, 0.6) is 5.75 Å². The molecule has 0 aliphatic rings. The van der Waals surface area contributed by atoms with Crippen LogP contribution >= 0.6 is 0 Å². The number of fused-ring (bicyclic) bond motifs is 1. The van der Waals surface area contributed by atoms with Gasteiger partial charge in [0.1, 0.15) is 23.4 Å². The van der Waals surface area contributed by atoms with Crippen molar-refractivity contribution >= 4 is 45.0 Å². The standard InChI is InChI=1S/C38H40FN5O8S/c1-23(2)35(40-4)36(46)51-22-52-38(47)44(31-17-16-30(53(6,48)49)20-33(31)50-5)37-41-34-18-13-28(21-43(34)42-37)27-9-7-25(8-10-27)19-32(45)24(3)26-11-14-29(39)15-12-26/h7-18,20-21,23-24,35,40H,19,22H2,1-6H3/t24-,35+/m1/s1. The van der Waals surface area contributed by atoms with Crippen LogP contribution in [0, 0.1) is 11.7 Å². The van der Waals surface area contributed by atoms with Gasteiger partial charge in [-0.25, -0.2) is 27.0 Å². The number of pyridine rings is 1. The van der Waals surface area contributed by atoms with Crippen LogP contribution in [0.3, 0.4) is 0 Å². The van der Waals surface area contributed by atoms with Crippen molar-refractivity contribution < 1.29 is 41.4 Å². The van der Waals surface area contributed by atoms with Crippen molar-refractivity contribution in [2.45, 2.75) is 44.0 Å². The highest BCUT2D eigenvalue weighted by atomic mass is 32.2. The Balaban J connectivity index is 1.41. The summed E-state index contributed by atoms with van der Waals surface area (Å²) in [7, 11) is -0.692. The minimum atomic E-state index is -3.62. The second kappa shape index (κ2) is 16.3. The fourth-order valence-corrected chi connectivity index (χ4v) is 6.26. The number of aromatic nitrogens is 3. The summed E-state index contributed by atoms with van der Waals surface area (Å²) in [5.41, 5.74) is 3.58. The molecule has 1 amide bonds. The highest BCUT2D eigenvalue weighted by molar-refractivity contribution is 7.90. The number of nitrogens with zero attached hydrogens (tertiary/aromatic N) is 4. The number of hydrogen-bond donors (Lipinski definition) is 1. The van der Waals surface area contributed by atoms with Gasteiger partial charge >= 0.3 is 12.1 Å². The number of likely N-dealkylation sites (N-methyl/N-ethyl adjacent to an activating group) is 1. The lowest BCUT2D eigenvalue weighted by Gasteiger charge is -2.22. The van der Waals surface area contributed by atoms with E-state index < -0.39 is 34.7 Å². The van der Waals surface area contributed by atoms with E-state index in [0.29, 0.717) is 5.65 Å². The van der Waals surface area contributed by atoms with Crippen molar-refractivity contribution in [3.05, 3.63) is 102 Å². The third-order valence-electron chi connectivity index (χ3n) is 8.66. The van der Waals surface area contributed by atoms with Crippen molar-refractivity contribution in [1.82, 2.24) is 19.9 Å². The number of benzene rings is 3. The van der Waals surface area contributed by atoms with Gasteiger partial charge in [-0.05, 0) is 66.1 Å². The number of esters is 1. The van der Waals surface area contributed by atoms with Crippen molar-refractivity contribution in [3.8, 4) is 16.9 Å². The Morgan fingerprint density at radius 2 is 1.60 bits per heavy atom. The summed E-state index contributed by atoms with van der Waals surface area (Å²) in [6, 6.07) is 20.2. The first-order valence-electron chi connectivity index (χ1n) is 16.6. The molecule has 2 heterocycles. The zero-order valence-corrected chi connectivity index (χ0v) is 30.9. The average Bonchev–Trinajstić information content (AvgIpc) is 3.54. The number of sulfone groups is 1. The molecule has 5 rings (SSSR count). The van der Waals surface area contributed by atoms with Crippen LogP contribution in [0.4, 0.5) is 20.8 Å². The van der Waals surface area contributed by atoms with E-state index in [-0.39, 0.29) is 52.1 Å². The van der Waals surface area contributed by atoms with Gasteiger partial charge < -0.3 is 19.5 Å². The molecule has 13 nitrogen and oxygen atoms in total. The average molecular weight is 746 g/mol. The molecule has 1 N–H and O–H groups in total. The Kier molecular flexibility index (Phi) is 11.9. The molecule has 0 fully saturated rings. The number of rotatable bonds is 14. The molecule has 0 radical (unpaired) electrons.